The smallest absolute Gasteiger partial charge is 0.0876 e. The molecule has 4 bridgehead atoms. The predicted molar refractivity (Wildman–Crippen MR) is 53.4 cm³/mol. The van der Waals surface area contributed by atoms with Gasteiger partial charge in [0.25, 0.3) is 0 Å². The topological polar surface area (TPSA) is 40.5 Å². The van der Waals surface area contributed by atoms with Crippen molar-refractivity contribution in [2.75, 3.05) is 0 Å². The number of hydrogen-bond donors (Lipinski definition) is 2. The van der Waals surface area contributed by atoms with E-state index in [0.29, 0.717) is 0 Å². The Kier molecular flexibility index (Phi) is 1.70. The Morgan fingerprint density at radius 1 is 0.571 bits per heavy atom. The summed E-state index contributed by atoms with van der Waals surface area (Å²) in [6.45, 7) is 0. The second-order valence-corrected chi connectivity index (χ2v) is 4.45. The summed E-state index contributed by atoms with van der Waals surface area (Å²) in [7, 11) is 0. The van der Waals surface area contributed by atoms with Crippen LogP contribution in [0.3, 0.4) is 0 Å². The SMILES string of the molecule is OC1C(O)[C@H]2C=C[C@@H]1C1C=CC2C=C1. The minimum absolute atomic E-state index is 0.0509. The molecule has 0 saturated heterocycles. The van der Waals surface area contributed by atoms with Gasteiger partial charge in [-0.1, -0.05) is 36.5 Å². The molecule has 14 heavy (non-hydrogen) atoms. The molecule has 2 heteroatoms. The lowest BCUT2D eigenvalue weighted by atomic mass is 9.67. The van der Waals surface area contributed by atoms with E-state index in [9.17, 15) is 10.2 Å². The molecule has 6 rings (SSSR count). The van der Waals surface area contributed by atoms with E-state index < -0.39 is 12.2 Å². The molecule has 0 aliphatic heterocycles. The molecule has 6 aliphatic rings. The van der Waals surface area contributed by atoms with Gasteiger partial charge >= 0.3 is 0 Å². The van der Waals surface area contributed by atoms with Gasteiger partial charge in [0.2, 0.25) is 0 Å². The van der Waals surface area contributed by atoms with Crippen LogP contribution in [-0.2, 0) is 0 Å². The van der Waals surface area contributed by atoms with Crippen molar-refractivity contribution in [1.82, 2.24) is 0 Å². The first kappa shape index (κ1) is 8.45. The fourth-order valence-electron chi connectivity index (χ4n) is 2.81. The number of hydrogen-bond acceptors (Lipinski definition) is 2. The van der Waals surface area contributed by atoms with Crippen LogP contribution >= 0.6 is 0 Å². The highest BCUT2D eigenvalue weighted by Crippen LogP contribution is 2.40. The molecule has 0 spiro atoms. The maximum absolute atomic E-state index is 9.93. The van der Waals surface area contributed by atoms with Crippen molar-refractivity contribution in [3.63, 3.8) is 0 Å². The summed E-state index contributed by atoms with van der Waals surface area (Å²) >= 11 is 0. The third kappa shape index (κ3) is 0.983. The van der Waals surface area contributed by atoms with Crippen molar-refractivity contribution in [1.29, 1.82) is 0 Å². The summed E-state index contributed by atoms with van der Waals surface area (Å²) in [5.74, 6) is 0.617. The van der Waals surface area contributed by atoms with E-state index in [1.807, 2.05) is 0 Å². The molecule has 0 saturated carbocycles. The summed E-state index contributed by atoms with van der Waals surface area (Å²) in [4.78, 5) is 0. The van der Waals surface area contributed by atoms with Crippen molar-refractivity contribution in [2.45, 2.75) is 12.2 Å². The van der Waals surface area contributed by atoms with Crippen LogP contribution < -0.4 is 0 Å². The Labute approximate surface area is 83.3 Å². The summed E-state index contributed by atoms with van der Waals surface area (Å²) in [5, 5.41) is 19.9. The van der Waals surface area contributed by atoms with Crippen LogP contribution in [0, 0.1) is 23.7 Å². The van der Waals surface area contributed by atoms with Gasteiger partial charge in [0, 0.05) is 23.7 Å². The molecule has 74 valence electrons. The second-order valence-electron chi connectivity index (χ2n) is 4.45. The lowest BCUT2D eigenvalue weighted by molar-refractivity contribution is -0.0490. The molecular weight excluding hydrogens is 176 g/mol. The van der Waals surface area contributed by atoms with Gasteiger partial charge in [-0.05, 0) is 0 Å². The zero-order valence-electron chi connectivity index (χ0n) is 7.82. The fraction of sp³-hybridized carbons (Fsp3) is 0.500. The highest BCUT2D eigenvalue weighted by Gasteiger charge is 2.41. The Bertz CT molecular complexity index is 285. The summed E-state index contributed by atoms with van der Waals surface area (Å²) in [5.41, 5.74) is 0. The molecule has 0 fully saturated rings. The Hall–Kier alpha value is -0.860. The van der Waals surface area contributed by atoms with E-state index in [1.165, 1.54) is 0 Å². The normalized spacial score (nSPS) is 53.6. The number of allylic oxidation sites excluding steroid dienone is 4. The third-order valence-electron chi connectivity index (χ3n) is 3.69. The molecular formula is C12H14O2. The number of aliphatic hydroxyl groups is 2. The molecule has 0 aromatic carbocycles. The van der Waals surface area contributed by atoms with Crippen LogP contribution in [-0.4, -0.2) is 22.4 Å². The first-order valence-corrected chi connectivity index (χ1v) is 5.18. The van der Waals surface area contributed by atoms with Gasteiger partial charge in [0.1, 0.15) is 0 Å². The largest absolute Gasteiger partial charge is 0.390 e. The van der Waals surface area contributed by atoms with Crippen LogP contribution in [0.2, 0.25) is 0 Å². The van der Waals surface area contributed by atoms with Gasteiger partial charge in [0.15, 0.2) is 0 Å². The Balaban J connectivity index is 2.10. The van der Waals surface area contributed by atoms with Gasteiger partial charge in [-0.2, -0.15) is 0 Å². The lowest BCUT2D eigenvalue weighted by Crippen LogP contribution is -2.47. The van der Waals surface area contributed by atoms with E-state index in [4.69, 9.17) is 0 Å². The van der Waals surface area contributed by atoms with Crippen molar-refractivity contribution in [3.05, 3.63) is 36.5 Å². The summed E-state index contributed by atoms with van der Waals surface area (Å²) in [6, 6.07) is 0. The molecule has 0 aromatic rings. The van der Waals surface area contributed by atoms with Crippen LogP contribution in [0.5, 0.6) is 0 Å². The summed E-state index contributed by atoms with van der Waals surface area (Å²) < 4.78 is 0. The highest BCUT2D eigenvalue weighted by molar-refractivity contribution is 5.27. The molecule has 6 aliphatic carbocycles. The van der Waals surface area contributed by atoms with E-state index >= 15 is 0 Å². The van der Waals surface area contributed by atoms with Crippen molar-refractivity contribution >= 4 is 0 Å². The summed E-state index contributed by atoms with van der Waals surface area (Å²) in [6.07, 6.45) is 11.5. The number of aliphatic hydroxyl groups excluding tert-OH is 2. The van der Waals surface area contributed by atoms with Crippen LogP contribution in [0.15, 0.2) is 36.5 Å². The molecule has 0 amide bonds. The zero-order valence-corrected chi connectivity index (χ0v) is 7.82. The van der Waals surface area contributed by atoms with Crippen LogP contribution in [0.1, 0.15) is 0 Å². The highest BCUT2D eigenvalue weighted by atomic mass is 16.3. The van der Waals surface area contributed by atoms with E-state index in [0.717, 1.165) is 0 Å². The zero-order chi connectivity index (χ0) is 9.71. The Morgan fingerprint density at radius 2 is 0.929 bits per heavy atom. The second kappa shape index (κ2) is 2.81. The standard InChI is InChI=1S/C12H14O2/c13-11-9-5-6-10(12(11)14)8-2-1-7(9)3-4-8/h1-14H/t7?,8?,9-,10+,11?,12?. The minimum atomic E-state index is -0.604. The molecule has 4 atom stereocenters. The van der Waals surface area contributed by atoms with Gasteiger partial charge in [-0.15, -0.1) is 0 Å². The first-order chi connectivity index (χ1) is 6.77. The van der Waals surface area contributed by atoms with Crippen molar-refractivity contribution in [3.8, 4) is 0 Å². The monoisotopic (exact) mass is 190 g/mol. The van der Waals surface area contributed by atoms with Crippen molar-refractivity contribution < 1.29 is 10.2 Å². The maximum Gasteiger partial charge on any atom is 0.0876 e. The molecule has 2 unspecified atom stereocenters. The van der Waals surface area contributed by atoms with Gasteiger partial charge in [-0.3, -0.25) is 0 Å². The minimum Gasteiger partial charge on any atom is -0.390 e. The predicted octanol–water partition coefficient (Wildman–Crippen LogP) is 0.882. The number of rotatable bonds is 0. The maximum atomic E-state index is 9.93. The molecule has 2 nitrogen and oxygen atoms in total. The van der Waals surface area contributed by atoms with Crippen molar-refractivity contribution in [2.24, 2.45) is 23.7 Å². The van der Waals surface area contributed by atoms with Gasteiger partial charge in [0.05, 0.1) is 12.2 Å². The molecule has 0 radical (unpaired) electrons. The van der Waals surface area contributed by atoms with E-state index in [-0.39, 0.29) is 23.7 Å². The average Bonchev–Trinajstić information content (AvgIpc) is 2.17. The molecule has 2 N–H and O–H groups in total. The van der Waals surface area contributed by atoms with Crippen LogP contribution in [0.25, 0.3) is 0 Å². The molecule has 0 aromatic heterocycles. The van der Waals surface area contributed by atoms with Crippen LogP contribution in [0.4, 0.5) is 0 Å². The van der Waals surface area contributed by atoms with Gasteiger partial charge < -0.3 is 10.2 Å². The lowest BCUT2D eigenvalue weighted by Gasteiger charge is -2.42. The average molecular weight is 190 g/mol. The van der Waals surface area contributed by atoms with Gasteiger partial charge in [-0.25, -0.2) is 0 Å². The Morgan fingerprint density at radius 3 is 1.29 bits per heavy atom. The molecule has 0 heterocycles. The first-order valence-electron chi connectivity index (χ1n) is 5.18. The quantitative estimate of drug-likeness (QED) is 0.557. The van der Waals surface area contributed by atoms with E-state index in [2.05, 4.69) is 36.5 Å². The third-order valence-corrected chi connectivity index (χ3v) is 3.69. The van der Waals surface area contributed by atoms with E-state index in [1.54, 1.807) is 0 Å². The fourth-order valence-corrected chi connectivity index (χ4v) is 2.81.